The Bertz CT molecular complexity index is 732. The van der Waals surface area contributed by atoms with Crippen LogP contribution in [0.15, 0.2) is 46.0 Å². The molecular formula is C22H33N5O. The maximum atomic E-state index is 5.61. The number of oxazole rings is 1. The lowest BCUT2D eigenvalue weighted by atomic mass is 10.0. The van der Waals surface area contributed by atoms with E-state index in [1.807, 2.05) is 30.3 Å². The van der Waals surface area contributed by atoms with Crippen LogP contribution in [-0.2, 0) is 6.54 Å². The lowest BCUT2D eigenvalue weighted by molar-refractivity contribution is 0.187. The SMILES string of the molecule is CCNC(=NCc1coc(-c2ccccc2)n1)NC1CCN(CC(C)C)CC1. The average molecular weight is 384 g/mol. The van der Waals surface area contributed by atoms with E-state index in [0.29, 0.717) is 18.5 Å². The number of piperidine rings is 1. The minimum atomic E-state index is 0.471. The first-order valence-electron chi connectivity index (χ1n) is 10.4. The van der Waals surface area contributed by atoms with Gasteiger partial charge in [0.25, 0.3) is 0 Å². The molecule has 6 heteroatoms. The number of nitrogens with one attached hydrogen (secondary N) is 2. The topological polar surface area (TPSA) is 65.7 Å². The summed E-state index contributed by atoms with van der Waals surface area (Å²) in [5.41, 5.74) is 1.82. The third-order valence-electron chi connectivity index (χ3n) is 4.87. The maximum Gasteiger partial charge on any atom is 0.226 e. The summed E-state index contributed by atoms with van der Waals surface area (Å²) in [5, 5.41) is 6.94. The van der Waals surface area contributed by atoms with Gasteiger partial charge in [0.15, 0.2) is 5.96 Å². The summed E-state index contributed by atoms with van der Waals surface area (Å²) < 4.78 is 5.61. The molecule has 3 rings (SSSR count). The largest absolute Gasteiger partial charge is 0.444 e. The summed E-state index contributed by atoms with van der Waals surface area (Å²) in [5.74, 6) is 2.22. The van der Waals surface area contributed by atoms with Crippen molar-refractivity contribution in [3.63, 3.8) is 0 Å². The Kier molecular flexibility index (Phi) is 7.48. The fourth-order valence-electron chi connectivity index (χ4n) is 3.54. The number of aliphatic imine (C=N–C) groups is 1. The Balaban J connectivity index is 1.54. The molecule has 1 aromatic heterocycles. The first-order chi connectivity index (χ1) is 13.6. The van der Waals surface area contributed by atoms with E-state index in [1.54, 1.807) is 6.26 Å². The zero-order chi connectivity index (χ0) is 19.8. The van der Waals surface area contributed by atoms with Crippen molar-refractivity contribution in [2.75, 3.05) is 26.2 Å². The van der Waals surface area contributed by atoms with Crippen molar-refractivity contribution in [3.05, 3.63) is 42.3 Å². The Morgan fingerprint density at radius 1 is 1.25 bits per heavy atom. The van der Waals surface area contributed by atoms with E-state index in [2.05, 4.69) is 41.3 Å². The highest BCUT2D eigenvalue weighted by Gasteiger charge is 2.20. The Labute approximate surface area is 168 Å². The Morgan fingerprint density at radius 3 is 2.68 bits per heavy atom. The second kappa shape index (κ2) is 10.3. The van der Waals surface area contributed by atoms with Gasteiger partial charge in [0, 0.05) is 37.8 Å². The highest BCUT2D eigenvalue weighted by atomic mass is 16.3. The van der Waals surface area contributed by atoms with Gasteiger partial charge in [0.05, 0.1) is 6.54 Å². The first kappa shape index (κ1) is 20.4. The number of benzene rings is 1. The molecule has 0 radical (unpaired) electrons. The third kappa shape index (κ3) is 6.09. The van der Waals surface area contributed by atoms with Crippen LogP contribution in [0.2, 0.25) is 0 Å². The maximum absolute atomic E-state index is 5.61. The van der Waals surface area contributed by atoms with E-state index in [1.165, 1.54) is 6.54 Å². The van der Waals surface area contributed by atoms with Gasteiger partial charge in [0.1, 0.15) is 12.0 Å². The molecule has 1 aliphatic rings. The molecule has 0 unspecified atom stereocenters. The lowest BCUT2D eigenvalue weighted by Gasteiger charge is -2.34. The number of rotatable bonds is 7. The standard InChI is InChI=1S/C22H33N5O/c1-4-23-22(26-19-10-12-27(13-11-19)15-17(2)3)24-14-20-16-28-21(25-20)18-8-6-5-7-9-18/h5-9,16-17,19H,4,10-15H2,1-3H3,(H2,23,24,26). The minimum Gasteiger partial charge on any atom is -0.444 e. The van der Waals surface area contributed by atoms with Gasteiger partial charge in [-0.2, -0.15) is 0 Å². The van der Waals surface area contributed by atoms with Crippen LogP contribution in [0, 0.1) is 5.92 Å². The van der Waals surface area contributed by atoms with E-state index >= 15 is 0 Å². The average Bonchev–Trinajstić information content (AvgIpc) is 3.17. The van der Waals surface area contributed by atoms with Crippen molar-refractivity contribution >= 4 is 5.96 Å². The first-order valence-corrected chi connectivity index (χ1v) is 10.4. The molecule has 6 nitrogen and oxygen atoms in total. The Morgan fingerprint density at radius 2 is 2.00 bits per heavy atom. The number of hydrogen-bond acceptors (Lipinski definition) is 4. The van der Waals surface area contributed by atoms with Gasteiger partial charge < -0.3 is 20.0 Å². The molecule has 152 valence electrons. The van der Waals surface area contributed by atoms with E-state index < -0.39 is 0 Å². The van der Waals surface area contributed by atoms with Gasteiger partial charge in [0.2, 0.25) is 5.89 Å². The summed E-state index contributed by atoms with van der Waals surface area (Å²) in [6, 6.07) is 10.4. The smallest absolute Gasteiger partial charge is 0.226 e. The van der Waals surface area contributed by atoms with E-state index in [4.69, 9.17) is 9.41 Å². The molecule has 0 atom stereocenters. The van der Waals surface area contributed by atoms with Gasteiger partial charge >= 0.3 is 0 Å². The van der Waals surface area contributed by atoms with Crippen molar-refractivity contribution in [3.8, 4) is 11.5 Å². The normalized spacial score (nSPS) is 16.5. The molecule has 1 aromatic carbocycles. The molecule has 1 fully saturated rings. The van der Waals surface area contributed by atoms with Gasteiger partial charge in [-0.05, 0) is 37.8 Å². The van der Waals surface area contributed by atoms with Crippen LogP contribution in [0.25, 0.3) is 11.5 Å². The van der Waals surface area contributed by atoms with Gasteiger partial charge in [-0.15, -0.1) is 0 Å². The zero-order valence-corrected chi connectivity index (χ0v) is 17.3. The molecule has 0 spiro atoms. The predicted octanol–water partition coefficient (Wildman–Crippen LogP) is 3.52. The fourth-order valence-corrected chi connectivity index (χ4v) is 3.54. The summed E-state index contributed by atoms with van der Waals surface area (Å²) >= 11 is 0. The number of guanidine groups is 1. The molecule has 0 aliphatic carbocycles. The van der Waals surface area contributed by atoms with E-state index in [-0.39, 0.29) is 0 Å². The predicted molar refractivity (Wildman–Crippen MR) is 114 cm³/mol. The van der Waals surface area contributed by atoms with Crippen LogP contribution >= 0.6 is 0 Å². The molecule has 0 saturated carbocycles. The van der Waals surface area contributed by atoms with E-state index in [0.717, 1.165) is 55.6 Å². The molecule has 0 amide bonds. The van der Waals surface area contributed by atoms with Crippen LogP contribution < -0.4 is 10.6 Å². The summed E-state index contributed by atoms with van der Waals surface area (Å²) in [7, 11) is 0. The molecule has 2 aromatic rings. The summed E-state index contributed by atoms with van der Waals surface area (Å²) in [4.78, 5) is 11.8. The minimum absolute atomic E-state index is 0.471. The second-order valence-corrected chi connectivity index (χ2v) is 7.82. The quantitative estimate of drug-likeness (QED) is 0.566. The van der Waals surface area contributed by atoms with Crippen molar-refractivity contribution in [2.45, 2.75) is 46.2 Å². The summed E-state index contributed by atoms with van der Waals surface area (Å²) in [6.07, 6.45) is 4.00. The van der Waals surface area contributed by atoms with E-state index in [9.17, 15) is 0 Å². The van der Waals surface area contributed by atoms with Gasteiger partial charge in [-0.25, -0.2) is 9.98 Å². The molecule has 1 saturated heterocycles. The number of aromatic nitrogens is 1. The Hall–Kier alpha value is -2.34. The molecule has 28 heavy (non-hydrogen) atoms. The number of hydrogen-bond donors (Lipinski definition) is 2. The van der Waals surface area contributed by atoms with Crippen LogP contribution in [0.3, 0.4) is 0 Å². The van der Waals surface area contributed by atoms with Crippen molar-refractivity contribution in [1.82, 2.24) is 20.5 Å². The van der Waals surface area contributed by atoms with Crippen LogP contribution in [0.5, 0.6) is 0 Å². The lowest BCUT2D eigenvalue weighted by Crippen LogP contribution is -2.49. The molecule has 0 bridgehead atoms. The van der Waals surface area contributed by atoms with Crippen LogP contribution in [0.4, 0.5) is 0 Å². The highest BCUT2D eigenvalue weighted by molar-refractivity contribution is 5.80. The molecule has 1 aliphatic heterocycles. The second-order valence-electron chi connectivity index (χ2n) is 7.82. The van der Waals surface area contributed by atoms with Crippen molar-refractivity contribution < 1.29 is 4.42 Å². The molecular weight excluding hydrogens is 350 g/mol. The van der Waals surface area contributed by atoms with Crippen LogP contribution in [-0.4, -0.2) is 48.1 Å². The van der Waals surface area contributed by atoms with Gasteiger partial charge in [-0.1, -0.05) is 32.0 Å². The number of nitrogens with zero attached hydrogens (tertiary/aromatic N) is 3. The third-order valence-corrected chi connectivity index (χ3v) is 4.87. The van der Waals surface area contributed by atoms with Crippen LogP contribution in [0.1, 0.15) is 39.3 Å². The number of likely N-dealkylation sites (tertiary alicyclic amines) is 1. The van der Waals surface area contributed by atoms with Gasteiger partial charge in [-0.3, -0.25) is 0 Å². The van der Waals surface area contributed by atoms with Crippen molar-refractivity contribution in [2.24, 2.45) is 10.9 Å². The van der Waals surface area contributed by atoms with Crippen molar-refractivity contribution in [1.29, 1.82) is 0 Å². The molecule has 2 heterocycles. The summed E-state index contributed by atoms with van der Waals surface area (Å²) in [6.45, 7) is 11.5. The molecule has 2 N–H and O–H groups in total. The monoisotopic (exact) mass is 383 g/mol. The highest BCUT2D eigenvalue weighted by Crippen LogP contribution is 2.18. The fraction of sp³-hybridized carbons (Fsp3) is 0.545. The zero-order valence-electron chi connectivity index (χ0n) is 17.3.